The van der Waals surface area contributed by atoms with E-state index in [1.54, 1.807) is 30.5 Å². The summed E-state index contributed by atoms with van der Waals surface area (Å²) in [5, 5.41) is 11.8. The molecule has 4 N–H and O–H groups in total. The van der Waals surface area contributed by atoms with Gasteiger partial charge in [-0.1, -0.05) is 30.3 Å². The lowest BCUT2D eigenvalue weighted by molar-refractivity contribution is 0.256. The largest absolute Gasteiger partial charge is 0.395 e. The molecule has 1 unspecified atom stereocenters. The van der Waals surface area contributed by atoms with Crippen LogP contribution in [0.15, 0.2) is 84.1 Å². The number of benzene rings is 2. The number of aromatic nitrogens is 3. The molecule has 0 fully saturated rings. The summed E-state index contributed by atoms with van der Waals surface area (Å²) in [4.78, 5) is 10.7. The first-order valence-electron chi connectivity index (χ1n) is 10.3. The minimum Gasteiger partial charge on any atom is -0.395 e. The molecule has 0 aliphatic heterocycles. The van der Waals surface area contributed by atoms with Gasteiger partial charge in [0, 0.05) is 40.9 Å². The van der Waals surface area contributed by atoms with Gasteiger partial charge in [0.1, 0.15) is 5.65 Å². The van der Waals surface area contributed by atoms with Crippen LogP contribution in [0.4, 0.5) is 0 Å². The first-order valence-corrected chi connectivity index (χ1v) is 11.7. The van der Waals surface area contributed by atoms with Gasteiger partial charge in [-0.2, -0.15) is 0 Å². The normalized spacial score (nSPS) is 13.0. The van der Waals surface area contributed by atoms with E-state index in [-0.39, 0.29) is 11.5 Å². The highest BCUT2D eigenvalue weighted by Gasteiger charge is 2.21. The third-order valence-corrected chi connectivity index (χ3v) is 7.16. The second-order valence-electron chi connectivity index (χ2n) is 7.69. The Morgan fingerprint density at radius 2 is 1.78 bits per heavy atom. The lowest BCUT2D eigenvalue weighted by atomic mass is 10.0. The van der Waals surface area contributed by atoms with Gasteiger partial charge in [-0.3, -0.25) is 0 Å². The van der Waals surface area contributed by atoms with Crippen LogP contribution < -0.4 is 4.72 Å². The second-order valence-corrected chi connectivity index (χ2v) is 9.40. The van der Waals surface area contributed by atoms with E-state index < -0.39 is 16.1 Å². The zero-order chi connectivity index (χ0) is 22.1. The summed E-state index contributed by atoms with van der Waals surface area (Å²) in [7, 11) is -3.80. The molecule has 0 amide bonds. The molecule has 0 saturated heterocycles. The van der Waals surface area contributed by atoms with E-state index in [4.69, 9.17) is 0 Å². The van der Waals surface area contributed by atoms with Gasteiger partial charge in [0.15, 0.2) is 0 Å². The van der Waals surface area contributed by atoms with Crippen molar-refractivity contribution in [2.45, 2.75) is 17.4 Å². The smallest absolute Gasteiger partial charge is 0.240 e. The molecule has 0 radical (unpaired) electrons. The third-order valence-electron chi connectivity index (χ3n) is 5.62. The molecule has 0 saturated carbocycles. The number of nitrogens with zero attached hydrogens (tertiary/aromatic N) is 1. The van der Waals surface area contributed by atoms with Crippen LogP contribution in [0, 0.1) is 0 Å². The minimum atomic E-state index is -3.80. The molecule has 0 spiro atoms. The van der Waals surface area contributed by atoms with Gasteiger partial charge in [-0.05, 0) is 53.4 Å². The highest BCUT2D eigenvalue weighted by molar-refractivity contribution is 7.89. The van der Waals surface area contributed by atoms with Gasteiger partial charge < -0.3 is 15.1 Å². The highest BCUT2D eigenvalue weighted by atomic mass is 32.2. The van der Waals surface area contributed by atoms with Crippen molar-refractivity contribution >= 4 is 32.0 Å². The standard InChI is InChI=1S/C24H22N4O3S/c29-15-18(13-17-14-27-23-4-2-1-3-21(17)23)28-32(30,31)19-7-5-16(6-8-19)20-9-11-25-24-22(20)10-12-26-24/h1-12,14,18,27-29H,13,15H2,(H,25,26). The van der Waals surface area contributed by atoms with E-state index in [1.807, 2.05) is 48.8 Å². The summed E-state index contributed by atoms with van der Waals surface area (Å²) in [5.74, 6) is 0. The number of nitrogens with one attached hydrogen (secondary N) is 3. The molecule has 8 heteroatoms. The number of hydrogen-bond donors (Lipinski definition) is 4. The Morgan fingerprint density at radius 1 is 0.969 bits per heavy atom. The topological polar surface area (TPSA) is 111 Å². The fourth-order valence-electron chi connectivity index (χ4n) is 4.02. The van der Waals surface area contributed by atoms with Gasteiger partial charge in [-0.15, -0.1) is 0 Å². The van der Waals surface area contributed by atoms with Gasteiger partial charge in [0.25, 0.3) is 0 Å². The van der Waals surface area contributed by atoms with Crippen molar-refractivity contribution in [1.29, 1.82) is 0 Å². The van der Waals surface area contributed by atoms with E-state index in [9.17, 15) is 13.5 Å². The van der Waals surface area contributed by atoms with Crippen molar-refractivity contribution < 1.29 is 13.5 Å². The van der Waals surface area contributed by atoms with Crippen LogP contribution >= 0.6 is 0 Å². The molecule has 0 aliphatic carbocycles. The number of aliphatic hydroxyl groups excluding tert-OH is 1. The van der Waals surface area contributed by atoms with Crippen LogP contribution in [0.5, 0.6) is 0 Å². The van der Waals surface area contributed by atoms with E-state index in [0.29, 0.717) is 6.42 Å². The van der Waals surface area contributed by atoms with Crippen LogP contribution in [0.1, 0.15) is 5.56 Å². The van der Waals surface area contributed by atoms with Crippen LogP contribution in [0.3, 0.4) is 0 Å². The molecule has 0 aliphatic rings. The Morgan fingerprint density at radius 3 is 2.59 bits per heavy atom. The number of H-pyrrole nitrogens is 2. The number of para-hydroxylation sites is 1. The maximum Gasteiger partial charge on any atom is 0.240 e. The first kappa shape index (κ1) is 20.4. The van der Waals surface area contributed by atoms with E-state index in [0.717, 1.165) is 38.6 Å². The lowest BCUT2D eigenvalue weighted by Gasteiger charge is -2.16. The number of sulfonamides is 1. The monoisotopic (exact) mass is 446 g/mol. The maximum absolute atomic E-state index is 13.0. The van der Waals surface area contributed by atoms with Crippen LogP contribution in [0.2, 0.25) is 0 Å². The van der Waals surface area contributed by atoms with E-state index in [2.05, 4.69) is 19.7 Å². The van der Waals surface area contributed by atoms with Crippen molar-refractivity contribution in [3.05, 3.63) is 84.8 Å². The molecular weight excluding hydrogens is 424 g/mol. The number of fused-ring (bicyclic) bond motifs is 2. The number of pyridine rings is 1. The molecule has 5 aromatic rings. The summed E-state index contributed by atoms with van der Waals surface area (Å²) >= 11 is 0. The summed E-state index contributed by atoms with van der Waals surface area (Å²) < 4.78 is 28.6. The van der Waals surface area contributed by atoms with Crippen molar-refractivity contribution in [2.75, 3.05) is 6.61 Å². The van der Waals surface area contributed by atoms with Crippen molar-refractivity contribution in [3.63, 3.8) is 0 Å². The van der Waals surface area contributed by atoms with Crippen LogP contribution in [-0.2, 0) is 16.4 Å². The van der Waals surface area contributed by atoms with Crippen LogP contribution in [0.25, 0.3) is 33.1 Å². The number of aromatic amines is 2. The summed E-state index contributed by atoms with van der Waals surface area (Å²) in [5.41, 5.74) is 4.58. The molecule has 5 rings (SSSR count). The van der Waals surface area contributed by atoms with Crippen molar-refractivity contribution in [3.8, 4) is 11.1 Å². The summed E-state index contributed by atoms with van der Waals surface area (Å²) in [6, 6.07) is 17.7. The SMILES string of the molecule is O=S(=O)(NC(CO)Cc1c[nH]c2ccccc12)c1ccc(-c2ccnc3[nH]ccc23)cc1. The molecule has 0 bridgehead atoms. The minimum absolute atomic E-state index is 0.151. The quantitative estimate of drug-likeness (QED) is 0.306. The van der Waals surface area contributed by atoms with Crippen molar-refractivity contribution in [2.24, 2.45) is 0 Å². The fraction of sp³-hybridized carbons (Fsp3) is 0.125. The predicted molar refractivity (Wildman–Crippen MR) is 125 cm³/mol. The Kier molecular flexibility index (Phi) is 5.26. The summed E-state index contributed by atoms with van der Waals surface area (Å²) in [6.07, 6.45) is 5.77. The molecule has 3 heterocycles. The molecule has 7 nitrogen and oxygen atoms in total. The molecule has 32 heavy (non-hydrogen) atoms. The Balaban J connectivity index is 1.37. The van der Waals surface area contributed by atoms with Crippen LogP contribution in [-0.4, -0.2) is 41.1 Å². The molecular formula is C24H22N4O3S. The number of rotatable bonds is 7. The van der Waals surface area contributed by atoms with Gasteiger partial charge >= 0.3 is 0 Å². The third kappa shape index (κ3) is 3.80. The number of aliphatic hydroxyl groups is 1. The number of hydrogen-bond acceptors (Lipinski definition) is 4. The van der Waals surface area contributed by atoms with Gasteiger partial charge in [0.2, 0.25) is 10.0 Å². The second kappa shape index (κ2) is 8.23. The Labute approximate surface area is 185 Å². The molecule has 2 aromatic carbocycles. The van der Waals surface area contributed by atoms with E-state index in [1.165, 1.54) is 0 Å². The van der Waals surface area contributed by atoms with Gasteiger partial charge in [-0.25, -0.2) is 18.1 Å². The average molecular weight is 447 g/mol. The van der Waals surface area contributed by atoms with Gasteiger partial charge in [0.05, 0.1) is 11.5 Å². The highest BCUT2D eigenvalue weighted by Crippen LogP contribution is 2.28. The maximum atomic E-state index is 13.0. The lowest BCUT2D eigenvalue weighted by Crippen LogP contribution is -2.39. The molecule has 3 aromatic heterocycles. The summed E-state index contributed by atoms with van der Waals surface area (Å²) in [6.45, 7) is -0.306. The zero-order valence-electron chi connectivity index (χ0n) is 17.1. The molecule has 1 atom stereocenters. The van der Waals surface area contributed by atoms with E-state index >= 15 is 0 Å². The fourth-order valence-corrected chi connectivity index (χ4v) is 5.25. The van der Waals surface area contributed by atoms with Crippen molar-refractivity contribution in [1.82, 2.24) is 19.7 Å². The average Bonchev–Trinajstić information content (AvgIpc) is 3.46. The predicted octanol–water partition coefficient (Wildman–Crippen LogP) is 3.59. The Hall–Kier alpha value is -3.46. The first-order chi connectivity index (χ1) is 15.5. The zero-order valence-corrected chi connectivity index (χ0v) is 17.9. The Bertz CT molecular complexity index is 1490. The molecule has 162 valence electrons.